The monoisotopic (exact) mass is 180 g/mol. The molecule has 0 aliphatic carbocycles. The lowest BCUT2D eigenvalue weighted by molar-refractivity contribution is 1.18. The molecule has 0 bridgehead atoms. The number of fused-ring (bicyclic) bond motifs is 1. The zero-order valence-corrected chi connectivity index (χ0v) is 6.72. The molecule has 60 valence electrons. The second-order valence-electron chi connectivity index (χ2n) is 2.22. The fraction of sp³-hybridized carbons (Fsp3) is 0. The maximum atomic E-state index is 10.9. The van der Waals surface area contributed by atoms with Crippen LogP contribution < -0.4 is 11.1 Å². The van der Waals surface area contributed by atoms with Crippen molar-refractivity contribution in [2.75, 3.05) is 0 Å². The second-order valence-corrected chi connectivity index (χ2v) is 3.14. The Kier molecular flexibility index (Phi) is 1.51. The predicted molar refractivity (Wildman–Crippen MR) is 46.5 cm³/mol. The van der Waals surface area contributed by atoms with E-state index in [4.69, 9.17) is 0 Å². The van der Waals surface area contributed by atoms with Gasteiger partial charge in [0.1, 0.15) is 4.83 Å². The van der Waals surface area contributed by atoms with E-state index in [-0.39, 0.29) is 0 Å². The molecular weight excluding hydrogens is 176 g/mol. The van der Waals surface area contributed by atoms with Gasteiger partial charge in [0.15, 0.2) is 0 Å². The van der Waals surface area contributed by atoms with E-state index in [2.05, 4.69) is 9.97 Å². The summed E-state index contributed by atoms with van der Waals surface area (Å²) in [5.41, 5.74) is -1.43. The Bertz CT molecular complexity index is 528. The second kappa shape index (κ2) is 2.53. The molecule has 0 saturated carbocycles. The molecule has 0 aliphatic rings. The summed E-state index contributed by atoms with van der Waals surface area (Å²) >= 11 is 1.37. The molecule has 2 aromatic heterocycles. The van der Waals surface area contributed by atoms with Crippen molar-refractivity contribution >= 4 is 21.6 Å². The quantitative estimate of drug-likeness (QED) is 0.595. The van der Waals surface area contributed by atoms with E-state index in [9.17, 15) is 9.59 Å². The Morgan fingerprint density at radius 2 is 2.25 bits per heavy atom. The Hall–Kier alpha value is -1.49. The number of nitrogens with one attached hydrogen (secondary N) is 1. The van der Waals surface area contributed by atoms with E-state index in [1.54, 1.807) is 6.07 Å². The lowest BCUT2D eigenvalue weighted by Crippen LogP contribution is -2.25. The smallest absolute Gasteiger partial charge is 0.309 e. The molecule has 0 spiro atoms. The molecule has 12 heavy (non-hydrogen) atoms. The molecule has 0 unspecified atom stereocenters. The highest BCUT2D eigenvalue weighted by Crippen LogP contribution is 2.13. The van der Waals surface area contributed by atoms with E-state index in [1.807, 2.05) is 5.38 Å². The highest BCUT2D eigenvalue weighted by atomic mass is 32.1. The zero-order valence-electron chi connectivity index (χ0n) is 5.90. The van der Waals surface area contributed by atoms with Crippen LogP contribution >= 0.6 is 11.3 Å². The van der Waals surface area contributed by atoms with Crippen molar-refractivity contribution in [3.63, 3.8) is 0 Å². The van der Waals surface area contributed by atoms with Gasteiger partial charge in [-0.25, -0.2) is 4.98 Å². The lowest BCUT2D eigenvalue weighted by Gasteiger charge is -1.73. The van der Waals surface area contributed by atoms with Gasteiger partial charge in [0.25, 0.3) is 0 Å². The number of hydrogen-bond donors (Lipinski definition) is 1. The maximum absolute atomic E-state index is 10.9. The average Bonchev–Trinajstić information content (AvgIpc) is 2.43. The first-order valence-corrected chi connectivity index (χ1v) is 4.12. The van der Waals surface area contributed by atoms with Crippen molar-refractivity contribution in [2.45, 2.75) is 0 Å². The molecule has 5 heteroatoms. The molecule has 0 amide bonds. The van der Waals surface area contributed by atoms with E-state index in [1.165, 1.54) is 17.5 Å². The van der Waals surface area contributed by atoms with Gasteiger partial charge in [-0.2, -0.15) is 0 Å². The van der Waals surface area contributed by atoms with E-state index >= 15 is 0 Å². The first kappa shape index (κ1) is 7.17. The largest absolute Gasteiger partial charge is 0.335 e. The lowest BCUT2D eigenvalue weighted by atomic mass is 10.4. The number of thiophene rings is 1. The average molecular weight is 180 g/mol. The van der Waals surface area contributed by atoms with Crippen LogP contribution in [-0.4, -0.2) is 9.97 Å². The molecule has 0 fully saturated rings. The molecular formula is C7H4N2O2S. The minimum absolute atomic E-state index is 0.674. The first-order chi connectivity index (χ1) is 5.77. The van der Waals surface area contributed by atoms with Gasteiger partial charge in [0.2, 0.25) is 0 Å². The predicted octanol–water partition coefficient (Wildman–Crippen LogP) is 0.345. The van der Waals surface area contributed by atoms with Crippen molar-refractivity contribution in [3.8, 4) is 0 Å². The topological polar surface area (TPSA) is 62.8 Å². The van der Waals surface area contributed by atoms with Gasteiger partial charge in [-0.05, 0) is 11.4 Å². The molecule has 0 radical (unpaired) electrons. The summed E-state index contributed by atoms with van der Waals surface area (Å²) in [6.07, 6.45) is 1.39. The van der Waals surface area contributed by atoms with Crippen LogP contribution in [0.25, 0.3) is 10.2 Å². The van der Waals surface area contributed by atoms with Gasteiger partial charge in [-0.15, -0.1) is 11.3 Å². The van der Waals surface area contributed by atoms with Crippen molar-refractivity contribution < 1.29 is 0 Å². The third-order valence-corrected chi connectivity index (χ3v) is 2.28. The highest BCUT2D eigenvalue weighted by molar-refractivity contribution is 7.16. The molecule has 0 saturated heterocycles. The first-order valence-electron chi connectivity index (χ1n) is 3.24. The molecule has 4 nitrogen and oxygen atoms in total. The minimum Gasteiger partial charge on any atom is -0.309 e. The summed E-state index contributed by atoms with van der Waals surface area (Å²) in [4.78, 5) is 28.3. The SMILES string of the molecule is O=c1ncc2ccsc2[nH]c1=O. The number of aromatic nitrogens is 2. The Labute approximate surface area is 70.5 Å². The van der Waals surface area contributed by atoms with Crippen LogP contribution in [0.15, 0.2) is 27.2 Å². The van der Waals surface area contributed by atoms with Gasteiger partial charge in [0.05, 0.1) is 0 Å². The van der Waals surface area contributed by atoms with Gasteiger partial charge < -0.3 is 4.98 Å². The normalized spacial score (nSPS) is 10.3. The van der Waals surface area contributed by atoms with Crippen LogP contribution in [0, 0.1) is 0 Å². The van der Waals surface area contributed by atoms with Gasteiger partial charge in [-0.3, -0.25) is 9.59 Å². The van der Waals surface area contributed by atoms with Crippen LogP contribution in [0.1, 0.15) is 0 Å². The molecule has 0 aromatic carbocycles. The Morgan fingerprint density at radius 1 is 1.42 bits per heavy atom. The number of rotatable bonds is 0. The van der Waals surface area contributed by atoms with Crippen molar-refractivity contribution in [1.82, 2.24) is 9.97 Å². The fourth-order valence-corrected chi connectivity index (χ4v) is 1.62. The number of nitrogens with zero attached hydrogens (tertiary/aromatic N) is 1. The van der Waals surface area contributed by atoms with E-state index in [0.717, 1.165) is 5.39 Å². The molecule has 0 atom stereocenters. The summed E-state index contributed by atoms with van der Waals surface area (Å²) in [6, 6.07) is 1.79. The summed E-state index contributed by atoms with van der Waals surface area (Å²) in [5, 5.41) is 2.60. The highest BCUT2D eigenvalue weighted by Gasteiger charge is 1.95. The van der Waals surface area contributed by atoms with Gasteiger partial charge in [-0.1, -0.05) is 0 Å². The van der Waals surface area contributed by atoms with Crippen LogP contribution in [0.2, 0.25) is 0 Å². The molecule has 2 heterocycles. The molecule has 0 aliphatic heterocycles. The Balaban J connectivity index is 3.08. The van der Waals surface area contributed by atoms with E-state index < -0.39 is 11.1 Å². The Morgan fingerprint density at radius 3 is 3.08 bits per heavy atom. The number of aromatic amines is 1. The van der Waals surface area contributed by atoms with Gasteiger partial charge >= 0.3 is 11.1 Å². The third kappa shape index (κ3) is 1.04. The van der Waals surface area contributed by atoms with Crippen molar-refractivity contribution in [3.05, 3.63) is 38.4 Å². The maximum Gasteiger partial charge on any atom is 0.335 e. The summed E-state index contributed by atoms with van der Waals surface area (Å²) in [7, 11) is 0. The van der Waals surface area contributed by atoms with Crippen LogP contribution in [0.4, 0.5) is 0 Å². The summed E-state index contributed by atoms with van der Waals surface area (Å²) < 4.78 is 0. The molecule has 2 aromatic rings. The number of hydrogen-bond acceptors (Lipinski definition) is 4. The summed E-state index contributed by atoms with van der Waals surface area (Å²) in [6.45, 7) is 0. The van der Waals surface area contributed by atoms with Crippen LogP contribution in [0.3, 0.4) is 0 Å². The summed E-state index contributed by atoms with van der Waals surface area (Å²) in [5.74, 6) is 0. The third-order valence-electron chi connectivity index (χ3n) is 1.44. The van der Waals surface area contributed by atoms with Crippen LogP contribution in [0.5, 0.6) is 0 Å². The van der Waals surface area contributed by atoms with Crippen LogP contribution in [-0.2, 0) is 0 Å². The zero-order chi connectivity index (χ0) is 8.55. The fourth-order valence-electron chi connectivity index (χ4n) is 0.866. The molecule has 2 rings (SSSR count). The standard InChI is InChI=1S/C7H4N2O2S/c10-5-6(11)9-7-4(3-8-5)1-2-12-7/h1-3H,(H,8,9,10,11). The minimum atomic E-state index is -0.751. The van der Waals surface area contributed by atoms with Gasteiger partial charge in [0, 0.05) is 11.6 Å². The van der Waals surface area contributed by atoms with Crippen molar-refractivity contribution in [2.24, 2.45) is 0 Å². The van der Waals surface area contributed by atoms with E-state index in [0.29, 0.717) is 4.83 Å². The van der Waals surface area contributed by atoms with Crippen molar-refractivity contribution in [1.29, 1.82) is 0 Å². The number of H-pyrrole nitrogens is 1. The molecule has 1 N–H and O–H groups in total.